The highest BCUT2D eigenvalue weighted by atomic mass is 35.5. The average molecular weight is 285 g/mol. The van der Waals surface area contributed by atoms with Gasteiger partial charge in [-0.15, -0.1) is 12.4 Å². The predicted molar refractivity (Wildman–Crippen MR) is 67.6 cm³/mol. The second-order valence-corrected chi connectivity index (χ2v) is 4.12. The Balaban J connectivity index is 0.00000225. The van der Waals surface area contributed by atoms with Crippen molar-refractivity contribution in [2.24, 2.45) is 5.73 Å². The third kappa shape index (κ3) is 5.03. The van der Waals surface area contributed by atoms with Crippen LogP contribution in [0, 0.1) is 0 Å². The topological polar surface area (TPSA) is 63.3 Å². The molecule has 1 atom stereocenters. The molecule has 0 radical (unpaired) electrons. The van der Waals surface area contributed by atoms with Crippen LogP contribution in [0.4, 0.5) is 0 Å². The first-order valence-electron chi connectivity index (χ1n) is 4.40. The summed E-state index contributed by atoms with van der Waals surface area (Å²) in [4.78, 5) is 10.4. The van der Waals surface area contributed by atoms with Gasteiger partial charge in [0.25, 0.3) is 0 Å². The lowest BCUT2D eigenvalue weighted by Gasteiger charge is -2.09. The van der Waals surface area contributed by atoms with Crippen molar-refractivity contribution in [1.29, 1.82) is 0 Å². The van der Waals surface area contributed by atoms with E-state index in [0.717, 1.165) is 5.56 Å². The van der Waals surface area contributed by atoms with Gasteiger partial charge in [-0.25, -0.2) is 0 Å². The van der Waals surface area contributed by atoms with E-state index in [4.69, 9.17) is 34.0 Å². The molecular weight excluding hydrogens is 272 g/mol. The molecule has 0 fully saturated rings. The number of benzene rings is 1. The maximum absolute atomic E-state index is 10.4. The van der Waals surface area contributed by atoms with E-state index in [0.29, 0.717) is 16.5 Å². The van der Waals surface area contributed by atoms with Gasteiger partial charge in [0.15, 0.2) is 0 Å². The molecule has 0 amide bonds. The molecule has 0 aliphatic carbocycles. The minimum Gasteiger partial charge on any atom is -0.481 e. The van der Waals surface area contributed by atoms with Crippen LogP contribution in [0.25, 0.3) is 0 Å². The lowest BCUT2D eigenvalue weighted by Crippen LogP contribution is -2.26. The monoisotopic (exact) mass is 283 g/mol. The smallest absolute Gasteiger partial charge is 0.304 e. The van der Waals surface area contributed by atoms with Crippen molar-refractivity contribution in [3.63, 3.8) is 0 Å². The minimum absolute atomic E-state index is 0. The number of carboxylic acid groups (broad SMARTS) is 1. The molecule has 1 aromatic carbocycles. The molecule has 0 aliphatic heterocycles. The van der Waals surface area contributed by atoms with E-state index in [1.54, 1.807) is 18.2 Å². The molecule has 1 rings (SSSR count). The predicted octanol–water partition coefficient (Wildman–Crippen LogP) is 2.76. The summed E-state index contributed by atoms with van der Waals surface area (Å²) in [6.07, 6.45) is 0.420. The number of carbonyl (C=O) groups is 1. The summed E-state index contributed by atoms with van der Waals surface area (Å²) < 4.78 is 0. The minimum atomic E-state index is -0.900. The summed E-state index contributed by atoms with van der Waals surface area (Å²) in [7, 11) is 0. The largest absolute Gasteiger partial charge is 0.481 e. The van der Waals surface area contributed by atoms with Gasteiger partial charge in [-0.1, -0.05) is 29.3 Å². The van der Waals surface area contributed by atoms with Crippen LogP contribution in [-0.4, -0.2) is 17.1 Å². The number of rotatable bonds is 4. The first-order chi connectivity index (χ1) is 6.99. The van der Waals surface area contributed by atoms with Crippen LogP contribution in [0.3, 0.4) is 0 Å². The van der Waals surface area contributed by atoms with E-state index in [2.05, 4.69) is 0 Å². The Hall–Kier alpha value is -0.480. The zero-order valence-electron chi connectivity index (χ0n) is 8.32. The first kappa shape index (κ1) is 15.5. The van der Waals surface area contributed by atoms with Gasteiger partial charge in [-0.3, -0.25) is 4.79 Å². The van der Waals surface area contributed by atoms with Crippen molar-refractivity contribution < 1.29 is 9.90 Å². The second-order valence-electron chi connectivity index (χ2n) is 3.31. The van der Waals surface area contributed by atoms with Crippen molar-refractivity contribution in [3.05, 3.63) is 33.8 Å². The third-order valence-corrected chi connectivity index (χ3v) is 2.66. The molecule has 0 spiro atoms. The van der Waals surface area contributed by atoms with Gasteiger partial charge in [-0.2, -0.15) is 0 Å². The molecule has 90 valence electrons. The van der Waals surface area contributed by atoms with Gasteiger partial charge < -0.3 is 10.8 Å². The second kappa shape index (κ2) is 6.97. The van der Waals surface area contributed by atoms with E-state index < -0.39 is 12.0 Å². The fourth-order valence-corrected chi connectivity index (χ4v) is 1.59. The molecule has 0 aromatic heterocycles. The fourth-order valence-electron chi connectivity index (χ4n) is 1.27. The highest BCUT2D eigenvalue weighted by Gasteiger charge is 2.09. The van der Waals surface area contributed by atoms with Crippen LogP contribution in [0.2, 0.25) is 10.0 Å². The van der Waals surface area contributed by atoms with Crippen LogP contribution < -0.4 is 5.73 Å². The molecule has 3 nitrogen and oxygen atoms in total. The molecule has 3 N–H and O–H groups in total. The third-order valence-electron chi connectivity index (χ3n) is 1.92. The van der Waals surface area contributed by atoms with E-state index in [1.807, 2.05) is 0 Å². The molecule has 1 aromatic rings. The van der Waals surface area contributed by atoms with Gasteiger partial charge in [0.2, 0.25) is 0 Å². The van der Waals surface area contributed by atoms with E-state index in [-0.39, 0.29) is 18.8 Å². The van der Waals surface area contributed by atoms with Gasteiger partial charge >= 0.3 is 5.97 Å². The number of hydrogen-bond acceptors (Lipinski definition) is 2. The summed E-state index contributed by atoms with van der Waals surface area (Å²) >= 11 is 11.6. The Morgan fingerprint density at radius 1 is 1.38 bits per heavy atom. The number of aliphatic carboxylic acids is 1. The van der Waals surface area contributed by atoms with Crippen LogP contribution in [0.15, 0.2) is 18.2 Å². The van der Waals surface area contributed by atoms with Crippen molar-refractivity contribution in [3.8, 4) is 0 Å². The molecular formula is C10H12Cl3NO2. The Kier molecular flexibility index (Phi) is 6.76. The lowest BCUT2D eigenvalue weighted by molar-refractivity contribution is -0.137. The highest BCUT2D eigenvalue weighted by Crippen LogP contribution is 2.23. The normalized spacial score (nSPS) is 11.7. The summed E-state index contributed by atoms with van der Waals surface area (Å²) in [6.45, 7) is 0. The zero-order valence-corrected chi connectivity index (χ0v) is 10.6. The van der Waals surface area contributed by atoms with Gasteiger partial charge in [0.1, 0.15) is 0 Å². The summed E-state index contributed by atoms with van der Waals surface area (Å²) in [6, 6.07) is 4.76. The quantitative estimate of drug-likeness (QED) is 0.893. The Morgan fingerprint density at radius 2 is 2.00 bits per heavy atom. The van der Waals surface area contributed by atoms with Crippen molar-refractivity contribution >= 4 is 41.6 Å². The average Bonchev–Trinajstić information content (AvgIpc) is 2.10. The number of carboxylic acids is 1. The molecule has 16 heavy (non-hydrogen) atoms. The van der Waals surface area contributed by atoms with Crippen molar-refractivity contribution in [1.82, 2.24) is 0 Å². The molecule has 6 heteroatoms. The molecule has 0 saturated carbocycles. The number of halogens is 3. The number of hydrogen-bond donors (Lipinski definition) is 2. The summed E-state index contributed by atoms with van der Waals surface area (Å²) in [5.41, 5.74) is 6.53. The summed E-state index contributed by atoms with van der Waals surface area (Å²) in [5.74, 6) is -0.900. The van der Waals surface area contributed by atoms with Crippen LogP contribution in [0.5, 0.6) is 0 Å². The molecule has 0 saturated heterocycles. The fraction of sp³-hybridized carbons (Fsp3) is 0.300. The maximum atomic E-state index is 10.4. The lowest BCUT2D eigenvalue weighted by atomic mass is 10.0. The van der Waals surface area contributed by atoms with Crippen LogP contribution in [0.1, 0.15) is 12.0 Å². The zero-order chi connectivity index (χ0) is 11.4. The molecule has 0 bridgehead atoms. The van der Waals surface area contributed by atoms with Gasteiger partial charge in [-0.05, 0) is 24.1 Å². The van der Waals surface area contributed by atoms with Gasteiger partial charge in [0, 0.05) is 6.04 Å². The SMILES string of the molecule is Cl.NC(CC(=O)O)Cc1ccc(Cl)c(Cl)c1. The van der Waals surface area contributed by atoms with Crippen molar-refractivity contribution in [2.75, 3.05) is 0 Å². The van der Waals surface area contributed by atoms with Crippen LogP contribution in [-0.2, 0) is 11.2 Å². The molecule has 0 aliphatic rings. The van der Waals surface area contributed by atoms with Gasteiger partial charge in [0.05, 0.1) is 16.5 Å². The maximum Gasteiger partial charge on any atom is 0.304 e. The van der Waals surface area contributed by atoms with Crippen LogP contribution >= 0.6 is 35.6 Å². The molecule has 1 unspecified atom stereocenters. The van der Waals surface area contributed by atoms with E-state index >= 15 is 0 Å². The Bertz CT molecular complexity index is 371. The first-order valence-corrected chi connectivity index (χ1v) is 5.16. The standard InChI is InChI=1S/C10H11Cl2NO2.ClH/c11-8-2-1-6(4-9(8)12)3-7(13)5-10(14)15;/h1-2,4,7H,3,5,13H2,(H,14,15);1H. The summed E-state index contributed by atoms with van der Waals surface area (Å²) in [5, 5.41) is 9.47. The Labute approximate surface area is 110 Å². The molecule has 0 heterocycles. The van der Waals surface area contributed by atoms with Crippen molar-refractivity contribution in [2.45, 2.75) is 18.9 Å². The highest BCUT2D eigenvalue weighted by molar-refractivity contribution is 6.42. The van der Waals surface area contributed by atoms with E-state index in [9.17, 15) is 4.79 Å². The number of nitrogens with two attached hydrogens (primary N) is 1. The Morgan fingerprint density at radius 3 is 2.50 bits per heavy atom. The van der Waals surface area contributed by atoms with E-state index in [1.165, 1.54) is 0 Å².